The Morgan fingerprint density at radius 2 is 1.61 bits per heavy atom. The van der Waals surface area contributed by atoms with Crippen molar-refractivity contribution in [1.29, 1.82) is 0 Å². The predicted molar refractivity (Wildman–Crippen MR) is 112 cm³/mol. The molecule has 1 N–H and O–H groups in total. The fraction of sp³-hybridized carbons (Fsp3) is 0.348. The number of guanidine groups is 1. The fourth-order valence-electron chi connectivity index (χ4n) is 3.45. The van der Waals surface area contributed by atoms with Crippen LogP contribution in [-0.4, -0.2) is 17.8 Å². The van der Waals surface area contributed by atoms with Crippen LogP contribution in [0.2, 0.25) is 0 Å². The molecule has 3 rings (SSSR count). The van der Waals surface area contributed by atoms with Crippen LogP contribution in [0.3, 0.4) is 0 Å². The first-order valence-corrected chi connectivity index (χ1v) is 9.82. The number of rotatable bonds is 6. The second-order valence-corrected chi connectivity index (χ2v) is 7.57. The Kier molecular flexibility index (Phi) is 5.93. The molecule has 1 aliphatic heterocycles. The summed E-state index contributed by atoms with van der Waals surface area (Å²) in [4.78, 5) is 32.9. The van der Waals surface area contributed by atoms with Gasteiger partial charge in [0, 0.05) is 0 Å². The van der Waals surface area contributed by atoms with E-state index >= 15 is 0 Å². The first-order chi connectivity index (χ1) is 13.5. The summed E-state index contributed by atoms with van der Waals surface area (Å²) in [5.74, 6) is 0.192. The van der Waals surface area contributed by atoms with E-state index in [-0.39, 0.29) is 17.8 Å². The molecule has 0 saturated carbocycles. The van der Waals surface area contributed by atoms with Gasteiger partial charge in [0.1, 0.15) is 5.41 Å². The molecule has 2 amide bonds. The van der Waals surface area contributed by atoms with Gasteiger partial charge in [-0.3, -0.25) is 14.9 Å². The van der Waals surface area contributed by atoms with Crippen molar-refractivity contribution in [3.05, 3.63) is 60.7 Å². The molecule has 2 aromatic carbocycles. The number of benzene rings is 2. The highest BCUT2D eigenvalue weighted by Gasteiger charge is 2.52. The fourth-order valence-corrected chi connectivity index (χ4v) is 3.45. The van der Waals surface area contributed by atoms with Crippen molar-refractivity contribution in [1.82, 2.24) is 5.32 Å². The summed E-state index contributed by atoms with van der Waals surface area (Å²) in [6.45, 7) is 6.11. The molecule has 2 aromatic rings. The molecular weight excluding hydrogens is 350 g/mol. The number of amides is 2. The lowest BCUT2D eigenvalue weighted by Crippen LogP contribution is -2.64. The zero-order chi connectivity index (χ0) is 20.1. The van der Waals surface area contributed by atoms with Gasteiger partial charge < -0.3 is 0 Å². The lowest BCUT2D eigenvalue weighted by Gasteiger charge is -2.41. The van der Waals surface area contributed by atoms with Gasteiger partial charge in [-0.1, -0.05) is 57.2 Å². The van der Waals surface area contributed by atoms with E-state index < -0.39 is 5.41 Å². The molecule has 1 heterocycles. The predicted octanol–water partition coefficient (Wildman–Crippen LogP) is 4.67. The lowest BCUT2D eigenvalue weighted by molar-refractivity contribution is -0.143. The third kappa shape index (κ3) is 3.84. The monoisotopic (exact) mass is 377 g/mol. The summed E-state index contributed by atoms with van der Waals surface area (Å²) in [5.41, 5.74) is 0.304. The standard InChI is InChI=1S/C23H27N3O2/c1-4-23(16-15-17(2)3)20(27)25-22(24-18-11-7-5-8-12-18)26(21(23)28)19-13-9-6-10-14-19/h5-14,17H,4,15-16H2,1-3H3,(H,24,25,27)/t23-/m0/s1. The molecule has 0 radical (unpaired) electrons. The van der Waals surface area contributed by atoms with Crippen molar-refractivity contribution in [3.8, 4) is 0 Å². The summed E-state index contributed by atoms with van der Waals surface area (Å²) >= 11 is 0. The van der Waals surface area contributed by atoms with Crippen LogP contribution in [0.5, 0.6) is 0 Å². The van der Waals surface area contributed by atoms with Crippen LogP contribution in [0.15, 0.2) is 65.7 Å². The SMILES string of the molecule is CC[C@]1(CCC(C)C)C(=O)NC(=Nc2ccccc2)N(c2ccccc2)C1=O. The van der Waals surface area contributed by atoms with E-state index in [2.05, 4.69) is 24.2 Å². The second-order valence-electron chi connectivity index (χ2n) is 7.57. The molecule has 5 nitrogen and oxygen atoms in total. The number of para-hydroxylation sites is 2. The van der Waals surface area contributed by atoms with E-state index in [0.717, 1.165) is 6.42 Å². The molecule has 146 valence electrons. The van der Waals surface area contributed by atoms with Crippen molar-refractivity contribution < 1.29 is 9.59 Å². The molecule has 0 spiro atoms. The Bertz CT molecular complexity index is 862. The molecule has 1 atom stereocenters. The third-order valence-corrected chi connectivity index (χ3v) is 5.24. The topological polar surface area (TPSA) is 61.8 Å². The van der Waals surface area contributed by atoms with Gasteiger partial charge in [-0.2, -0.15) is 0 Å². The number of hydrogen-bond acceptors (Lipinski definition) is 3. The van der Waals surface area contributed by atoms with E-state index in [4.69, 9.17) is 0 Å². The highest BCUT2D eigenvalue weighted by Crippen LogP contribution is 2.37. The van der Waals surface area contributed by atoms with E-state index in [9.17, 15) is 9.59 Å². The minimum Gasteiger partial charge on any atom is -0.295 e. The van der Waals surface area contributed by atoms with Crippen LogP contribution in [0.4, 0.5) is 11.4 Å². The van der Waals surface area contributed by atoms with Gasteiger partial charge in [-0.05, 0) is 49.4 Å². The summed E-state index contributed by atoms with van der Waals surface area (Å²) in [5, 5.41) is 2.93. The maximum atomic E-state index is 13.7. The second kappa shape index (κ2) is 8.38. The largest absolute Gasteiger partial charge is 0.295 e. The number of anilines is 1. The van der Waals surface area contributed by atoms with Gasteiger partial charge in [0.05, 0.1) is 11.4 Å². The molecule has 1 saturated heterocycles. The van der Waals surface area contributed by atoms with Crippen LogP contribution in [0.25, 0.3) is 0 Å². The van der Waals surface area contributed by atoms with Crippen LogP contribution in [0, 0.1) is 11.3 Å². The Balaban J connectivity index is 2.08. The minimum atomic E-state index is -1.07. The number of carbonyl (C=O) groups excluding carboxylic acids is 2. The molecule has 0 bridgehead atoms. The van der Waals surface area contributed by atoms with E-state index in [1.807, 2.05) is 67.6 Å². The Labute approximate surface area is 166 Å². The normalized spacial score (nSPS) is 21.3. The first kappa shape index (κ1) is 19.8. The third-order valence-electron chi connectivity index (χ3n) is 5.24. The molecule has 0 aromatic heterocycles. The van der Waals surface area contributed by atoms with Crippen LogP contribution in [-0.2, 0) is 9.59 Å². The number of aliphatic imine (C=N–C) groups is 1. The first-order valence-electron chi connectivity index (χ1n) is 9.82. The molecule has 28 heavy (non-hydrogen) atoms. The zero-order valence-corrected chi connectivity index (χ0v) is 16.7. The van der Waals surface area contributed by atoms with Crippen LogP contribution < -0.4 is 10.2 Å². The molecule has 0 aliphatic carbocycles. The van der Waals surface area contributed by atoms with E-state index in [0.29, 0.717) is 30.1 Å². The summed E-state index contributed by atoms with van der Waals surface area (Å²) in [6, 6.07) is 18.7. The van der Waals surface area contributed by atoms with Gasteiger partial charge in [0.25, 0.3) is 0 Å². The lowest BCUT2D eigenvalue weighted by atomic mass is 9.75. The minimum absolute atomic E-state index is 0.208. The number of nitrogens with one attached hydrogen (secondary N) is 1. The Morgan fingerprint density at radius 1 is 1.00 bits per heavy atom. The zero-order valence-electron chi connectivity index (χ0n) is 16.7. The molecular formula is C23H27N3O2. The molecule has 1 fully saturated rings. The van der Waals surface area contributed by atoms with E-state index in [1.165, 1.54) is 0 Å². The van der Waals surface area contributed by atoms with Gasteiger partial charge >= 0.3 is 0 Å². The van der Waals surface area contributed by atoms with Gasteiger partial charge in [-0.15, -0.1) is 0 Å². The number of hydrogen-bond donors (Lipinski definition) is 1. The average molecular weight is 377 g/mol. The summed E-state index contributed by atoms with van der Waals surface area (Å²) < 4.78 is 0. The van der Waals surface area contributed by atoms with Gasteiger partial charge in [0.2, 0.25) is 17.8 Å². The quantitative estimate of drug-likeness (QED) is 0.744. The van der Waals surface area contributed by atoms with Crippen LogP contribution >= 0.6 is 0 Å². The van der Waals surface area contributed by atoms with Crippen molar-refractivity contribution in [2.75, 3.05) is 4.90 Å². The Morgan fingerprint density at radius 3 is 2.18 bits per heavy atom. The Hall–Kier alpha value is -2.95. The number of nitrogens with zero attached hydrogens (tertiary/aromatic N) is 2. The maximum Gasteiger partial charge on any atom is 0.249 e. The smallest absolute Gasteiger partial charge is 0.249 e. The molecule has 5 heteroatoms. The highest BCUT2D eigenvalue weighted by molar-refractivity contribution is 6.31. The van der Waals surface area contributed by atoms with Crippen molar-refractivity contribution in [3.63, 3.8) is 0 Å². The van der Waals surface area contributed by atoms with E-state index in [1.54, 1.807) is 4.90 Å². The average Bonchev–Trinajstić information content (AvgIpc) is 2.70. The van der Waals surface area contributed by atoms with Gasteiger partial charge in [0.15, 0.2) is 0 Å². The number of carbonyl (C=O) groups is 2. The van der Waals surface area contributed by atoms with Crippen LogP contribution in [0.1, 0.15) is 40.0 Å². The van der Waals surface area contributed by atoms with Crippen molar-refractivity contribution in [2.45, 2.75) is 40.0 Å². The van der Waals surface area contributed by atoms with Crippen molar-refractivity contribution in [2.24, 2.45) is 16.3 Å². The molecule has 1 aliphatic rings. The van der Waals surface area contributed by atoms with Crippen molar-refractivity contribution >= 4 is 29.1 Å². The summed E-state index contributed by atoms with van der Waals surface area (Å²) in [6.07, 6.45) is 1.78. The highest BCUT2D eigenvalue weighted by atomic mass is 16.2. The maximum absolute atomic E-state index is 13.7. The molecule has 0 unspecified atom stereocenters. The summed E-state index contributed by atoms with van der Waals surface area (Å²) in [7, 11) is 0. The van der Waals surface area contributed by atoms with Gasteiger partial charge in [-0.25, -0.2) is 9.89 Å².